The summed E-state index contributed by atoms with van der Waals surface area (Å²) in [5.41, 5.74) is 4.46. The van der Waals surface area contributed by atoms with Gasteiger partial charge in [0.25, 0.3) is 0 Å². The molecule has 4 nitrogen and oxygen atoms in total. The maximum Gasteiger partial charge on any atom is 0.341 e. The van der Waals surface area contributed by atoms with Gasteiger partial charge in [-0.05, 0) is 48.1 Å². The van der Waals surface area contributed by atoms with Gasteiger partial charge in [0.15, 0.2) is 0 Å². The van der Waals surface area contributed by atoms with Crippen LogP contribution in [-0.2, 0) is 16.0 Å². The molecule has 0 saturated carbocycles. The number of nitrogens with one attached hydrogen (secondary N) is 1. The molecule has 31 heavy (non-hydrogen) atoms. The molecule has 0 aliphatic rings. The van der Waals surface area contributed by atoms with E-state index in [-0.39, 0.29) is 12.5 Å². The number of hydrogen-bond donors (Lipinski definition) is 1. The van der Waals surface area contributed by atoms with Gasteiger partial charge in [-0.25, -0.2) is 4.79 Å². The van der Waals surface area contributed by atoms with E-state index in [4.69, 9.17) is 4.74 Å². The lowest BCUT2D eigenvalue weighted by Crippen LogP contribution is -2.15. The van der Waals surface area contributed by atoms with Crippen LogP contribution in [-0.4, -0.2) is 18.5 Å². The van der Waals surface area contributed by atoms with Gasteiger partial charge in [-0.2, -0.15) is 0 Å². The van der Waals surface area contributed by atoms with E-state index < -0.39 is 5.97 Å². The molecular weight excluding hydrogens is 474 g/mol. The third kappa shape index (κ3) is 6.05. The Hall–Kier alpha value is -2.44. The molecule has 1 N–H and O–H groups in total. The van der Waals surface area contributed by atoms with Crippen LogP contribution in [0.25, 0.3) is 11.1 Å². The Morgan fingerprint density at radius 2 is 1.74 bits per heavy atom. The highest BCUT2D eigenvalue weighted by molar-refractivity contribution is 9.10. The third-order valence-corrected chi connectivity index (χ3v) is 6.39. The number of anilines is 1. The molecule has 0 atom stereocenters. The van der Waals surface area contributed by atoms with Crippen molar-refractivity contribution in [1.29, 1.82) is 0 Å². The highest BCUT2D eigenvalue weighted by Crippen LogP contribution is 2.36. The molecule has 3 rings (SSSR count). The molecule has 3 aromatic rings. The fourth-order valence-electron chi connectivity index (χ4n) is 3.21. The first-order valence-corrected chi connectivity index (χ1v) is 12.0. The van der Waals surface area contributed by atoms with E-state index in [2.05, 4.69) is 59.4 Å². The van der Waals surface area contributed by atoms with Crippen LogP contribution in [0, 0.1) is 0 Å². The molecule has 0 spiro atoms. The number of amides is 1. The zero-order valence-corrected chi connectivity index (χ0v) is 20.3. The number of carbonyl (C=O) groups excluding carboxylic acids is 2. The summed E-state index contributed by atoms with van der Waals surface area (Å²) in [7, 11) is 0. The number of aryl methyl sites for hydroxylation is 1. The number of esters is 1. The fourth-order valence-corrected chi connectivity index (χ4v) is 4.45. The van der Waals surface area contributed by atoms with Crippen LogP contribution in [0.1, 0.15) is 54.6 Å². The number of carbonyl (C=O) groups is 2. The predicted molar refractivity (Wildman–Crippen MR) is 131 cm³/mol. The summed E-state index contributed by atoms with van der Waals surface area (Å²) >= 11 is 4.77. The first-order valence-electron chi connectivity index (χ1n) is 10.3. The molecule has 1 aromatic heterocycles. The Bertz CT molecular complexity index is 1040. The topological polar surface area (TPSA) is 55.4 Å². The van der Waals surface area contributed by atoms with Crippen LogP contribution in [0.15, 0.2) is 58.4 Å². The SMILES string of the molecule is CCOC(=O)c1c(-c2ccc(Br)cc2)csc1NC(=O)CCc1ccc(C(C)C)cc1. The summed E-state index contributed by atoms with van der Waals surface area (Å²) in [6, 6.07) is 16.1. The summed E-state index contributed by atoms with van der Waals surface area (Å²) in [6.45, 7) is 6.36. The van der Waals surface area contributed by atoms with Crippen molar-refractivity contribution in [2.45, 2.75) is 39.5 Å². The molecule has 0 fully saturated rings. The zero-order valence-electron chi connectivity index (χ0n) is 17.9. The Kier molecular flexibility index (Phi) is 8.04. The summed E-state index contributed by atoms with van der Waals surface area (Å²) in [5, 5.41) is 5.33. The normalized spacial score (nSPS) is 10.9. The van der Waals surface area contributed by atoms with Gasteiger partial charge in [0.2, 0.25) is 5.91 Å². The van der Waals surface area contributed by atoms with Crippen LogP contribution in [0.4, 0.5) is 5.00 Å². The van der Waals surface area contributed by atoms with Crippen LogP contribution in [0.3, 0.4) is 0 Å². The predicted octanol–water partition coefficient (Wildman–Crippen LogP) is 7.05. The van der Waals surface area contributed by atoms with Crippen LogP contribution < -0.4 is 5.32 Å². The lowest BCUT2D eigenvalue weighted by molar-refractivity contribution is -0.116. The minimum atomic E-state index is -0.429. The van der Waals surface area contributed by atoms with Gasteiger partial charge in [0.05, 0.1) is 6.61 Å². The first kappa shape index (κ1) is 23.2. The van der Waals surface area contributed by atoms with E-state index in [0.717, 1.165) is 21.2 Å². The maximum atomic E-state index is 12.7. The Balaban J connectivity index is 1.74. The molecular formula is C25H26BrNO3S. The number of rotatable bonds is 8. The number of benzene rings is 2. The number of ether oxygens (including phenoxy) is 1. The standard InChI is InChI=1S/C25H26BrNO3S/c1-4-30-25(29)23-21(19-10-12-20(26)13-11-19)15-31-24(23)27-22(28)14-7-17-5-8-18(9-6-17)16(2)3/h5-6,8-13,15-16H,4,7,14H2,1-3H3,(H,27,28). The maximum absolute atomic E-state index is 12.7. The van der Waals surface area contributed by atoms with E-state index in [1.807, 2.05) is 29.6 Å². The van der Waals surface area contributed by atoms with Crippen molar-refractivity contribution < 1.29 is 14.3 Å². The van der Waals surface area contributed by atoms with Crippen molar-refractivity contribution in [3.05, 3.63) is 75.1 Å². The van der Waals surface area contributed by atoms with E-state index in [1.54, 1.807) is 6.92 Å². The minimum absolute atomic E-state index is 0.123. The van der Waals surface area contributed by atoms with Gasteiger partial charge < -0.3 is 10.1 Å². The van der Waals surface area contributed by atoms with Crippen molar-refractivity contribution in [1.82, 2.24) is 0 Å². The first-order chi connectivity index (χ1) is 14.9. The number of halogens is 1. The largest absolute Gasteiger partial charge is 0.462 e. The highest BCUT2D eigenvalue weighted by Gasteiger charge is 2.22. The number of hydrogen-bond acceptors (Lipinski definition) is 4. The fraction of sp³-hybridized carbons (Fsp3) is 0.280. The molecule has 0 saturated heterocycles. The van der Waals surface area contributed by atoms with E-state index in [0.29, 0.717) is 29.3 Å². The van der Waals surface area contributed by atoms with Crippen LogP contribution in [0.5, 0.6) is 0 Å². The van der Waals surface area contributed by atoms with Gasteiger partial charge >= 0.3 is 5.97 Å². The van der Waals surface area contributed by atoms with Gasteiger partial charge in [0, 0.05) is 21.8 Å². The van der Waals surface area contributed by atoms with E-state index in [9.17, 15) is 9.59 Å². The summed E-state index contributed by atoms with van der Waals surface area (Å²) < 4.78 is 6.22. The van der Waals surface area contributed by atoms with Crippen molar-refractivity contribution in [2.75, 3.05) is 11.9 Å². The zero-order chi connectivity index (χ0) is 22.4. The Morgan fingerprint density at radius 1 is 1.06 bits per heavy atom. The van der Waals surface area contributed by atoms with Gasteiger partial charge in [-0.3, -0.25) is 4.79 Å². The molecule has 2 aromatic carbocycles. The lowest BCUT2D eigenvalue weighted by Gasteiger charge is -2.10. The molecule has 1 amide bonds. The Labute approximate surface area is 195 Å². The van der Waals surface area contributed by atoms with E-state index >= 15 is 0 Å². The molecule has 0 radical (unpaired) electrons. The van der Waals surface area contributed by atoms with Crippen LogP contribution in [0.2, 0.25) is 0 Å². The van der Waals surface area contributed by atoms with E-state index in [1.165, 1.54) is 16.9 Å². The second-order valence-corrected chi connectivity index (χ2v) is 9.32. The van der Waals surface area contributed by atoms with Crippen LogP contribution >= 0.6 is 27.3 Å². The second-order valence-electron chi connectivity index (χ2n) is 7.53. The summed E-state index contributed by atoms with van der Waals surface area (Å²) in [6.07, 6.45) is 0.985. The van der Waals surface area contributed by atoms with Crippen molar-refractivity contribution >= 4 is 44.1 Å². The van der Waals surface area contributed by atoms with Gasteiger partial charge in [-0.15, -0.1) is 11.3 Å². The lowest BCUT2D eigenvalue weighted by atomic mass is 10.0. The molecule has 0 bridgehead atoms. The number of thiophene rings is 1. The highest BCUT2D eigenvalue weighted by atomic mass is 79.9. The monoisotopic (exact) mass is 499 g/mol. The summed E-state index contributed by atoms with van der Waals surface area (Å²) in [4.78, 5) is 25.3. The van der Waals surface area contributed by atoms with Crippen molar-refractivity contribution in [3.8, 4) is 11.1 Å². The van der Waals surface area contributed by atoms with Crippen molar-refractivity contribution in [3.63, 3.8) is 0 Å². The summed E-state index contributed by atoms with van der Waals surface area (Å²) in [5.74, 6) is -0.0682. The molecule has 1 heterocycles. The Morgan fingerprint density at radius 3 is 2.35 bits per heavy atom. The quantitative estimate of drug-likeness (QED) is 0.337. The molecule has 6 heteroatoms. The molecule has 162 valence electrons. The third-order valence-electron chi connectivity index (χ3n) is 4.97. The molecule has 0 unspecified atom stereocenters. The van der Waals surface area contributed by atoms with Gasteiger partial charge in [-0.1, -0.05) is 66.2 Å². The van der Waals surface area contributed by atoms with Gasteiger partial charge in [0.1, 0.15) is 10.6 Å². The van der Waals surface area contributed by atoms with Crippen molar-refractivity contribution in [2.24, 2.45) is 0 Å². The molecule has 0 aliphatic carbocycles. The average molecular weight is 500 g/mol. The average Bonchev–Trinajstić information content (AvgIpc) is 3.16. The second kappa shape index (κ2) is 10.7. The molecule has 0 aliphatic heterocycles. The minimum Gasteiger partial charge on any atom is -0.462 e. The smallest absolute Gasteiger partial charge is 0.341 e.